The van der Waals surface area contributed by atoms with Crippen LogP contribution in [0.4, 0.5) is 0 Å². The van der Waals surface area contributed by atoms with Gasteiger partial charge in [0.15, 0.2) is 0 Å². The predicted molar refractivity (Wildman–Crippen MR) is 202 cm³/mol. The highest BCUT2D eigenvalue weighted by atomic mass is 15.2. The van der Waals surface area contributed by atoms with Crippen molar-refractivity contribution in [3.63, 3.8) is 0 Å². The molecule has 10 heteroatoms. The fourth-order valence-electron chi connectivity index (χ4n) is 6.63. The normalized spacial score (nSPS) is 15.8. The van der Waals surface area contributed by atoms with Gasteiger partial charge in [-0.1, -0.05) is 36.4 Å². The monoisotopic (exact) mass is 690 g/mol. The van der Waals surface area contributed by atoms with Crippen molar-refractivity contribution in [2.24, 2.45) is 0 Å². The van der Waals surface area contributed by atoms with Crippen LogP contribution in [-0.4, -0.2) is 75.7 Å². The molecule has 7 rings (SSSR count). The summed E-state index contributed by atoms with van der Waals surface area (Å²) in [5.41, 5.74) is 8.38. The van der Waals surface area contributed by atoms with Crippen molar-refractivity contribution in [3.05, 3.63) is 180 Å². The minimum absolute atomic E-state index is 0.716. The van der Waals surface area contributed by atoms with Crippen molar-refractivity contribution in [3.8, 4) is 0 Å². The van der Waals surface area contributed by atoms with Crippen LogP contribution < -0.4 is 0 Å². The van der Waals surface area contributed by atoms with Gasteiger partial charge in [-0.3, -0.25) is 49.5 Å². The number of hydrogen-bond donors (Lipinski definition) is 0. The van der Waals surface area contributed by atoms with E-state index >= 15 is 0 Å². The van der Waals surface area contributed by atoms with Gasteiger partial charge >= 0.3 is 0 Å². The first kappa shape index (κ1) is 35.2. The van der Waals surface area contributed by atoms with Gasteiger partial charge in [0, 0.05) is 103 Å². The largest absolute Gasteiger partial charge is 0.290 e. The van der Waals surface area contributed by atoms with Crippen LogP contribution in [0.5, 0.6) is 0 Å². The van der Waals surface area contributed by atoms with Crippen LogP contribution in [0.2, 0.25) is 0 Å². The number of pyridine rings is 6. The average Bonchev–Trinajstić information content (AvgIpc) is 3.17. The van der Waals surface area contributed by atoms with E-state index in [4.69, 9.17) is 9.97 Å². The number of nitrogens with zero attached hydrogens (tertiary/aromatic N) is 10. The minimum Gasteiger partial charge on any atom is -0.290 e. The van der Waals surface area contributed by atoms with E-state index in [1.807, 2.05) is 49.1 Å². The summed E-state index contributed by atoms with van der Waals surface area (Å²) >= 11 is 0. The second kappa shape index (κ2) is 18.3. The Bertz CT molecular complexity index is 1650. The second-order valence-electron chi connectivity index (χ2n) is 13.4. The molecule has 7 heterocycles. The molecule has 0 spiro atoms. The molecule has 0 unspecified atom stereocenters. The summed E-state index contributed by atoms with van der Waals surface area (Å²) in [4.78, 5) is 39.0. The van der Waals surface area contributed by atoms with E-state index < -0.39 is 0 Å². The Hall–Kier alpha value is -5.26. The maximum Gasteiger partial charge on any atom is 0.0548 e. The molecule has 264 valence electrons. The van der Waals surface area contributed by atoms with Crippen LogP contribution >= 0.6 is 0 Å². The van der Waals surface area contributed by atoms with Crippen molar-refractivity contribution in [2.45, 2.75) is 52.4 Å². The molecule has 0 N–H and O–H groups in total. The number of rotatable bonds is 8. The Morgan fingerprint density at radius 3 is 0.827 bits per heavy atom. The van der Waals surface area contributed by atoms with E-state index in [-0.39, 0.29) is 0 Å². The Morgan fingerprint density at radius 2 is 0.596 bits per heavy atom. The van der Waals surface area contributed by atoms with Crippen molar-refractivity contribution in [1.29, 1.82) is 0 Å². The van der Waals surface area contributed by atoms with Gasteiger partial charge < -0.3 is 0 Å². The molecular formula is C42H46N10. The van der Waals surface area contributed by atoms with Crippen LogP contribution in [0.15, 0.2) is 134 Å². The first-order valence-corrected chi connectivity index (χ1v) is 18.1. The zero-order valence-corrected chi connectivity index (χ0v) is 29.7. The highest BCUT2D eigenvalue weighted by Crippen LogP contribution is 2.16. The highest BCUT2D eigenvalue weighted by Gasteiger charge is 2.18. The zero-order chi connectivity index (χ0) is 35.2. The van der Waals surface area contributed by atoms with Crippen molar-refractivity contribution < 1.29 is 0 Å². The van der Waals surface area contributed by atoms with E-state index in [9.17, 15) is 0 Å². The molecule has 0 aliphatic carbocycles. The third-order valence-corrected chi connectivity index (χ3v) is 9.18. The van der Waals surface area contributed by atoms with Crippen LogP contribution in [0.1, 0.15) is 45.6 Å². The summed E-state index contributed by atoms with van der Waals surface area (Å²) in [5, 5.41) is 0. The molecule has 1 aliphatic rings. The summed E-state index contributed by atoms with van der Waals surface area (Å²) in [6.07, 6.45) is 7.48. The molecule has 0 aromatic carbocycles. The molecule has 0 radical (unpaired) electrons. The Kier molecular flexibility index (Phi) is 12.4. The standard InChI is InChI=1S/C42H46N10/c1-5-19-43-35(11-1)27-49-23-24-50(28-36-12-2-6-20-44-36)32-41-17-10-18-42(48-41)34-52(30-38-14-4-8-22-46-38)26-25-51(29-37-13-3-7-21-45-37)33-40-16-9-15-39(31-49)47-40/h1-22H,23-34H2. The van der Waals surface area contributed by atoms with Gasteiger partial charge in [0.25, 0.3) is 0 Å². The first-order valence-electron chi connectivity index (χ1n) is 18.1. The molecule has 0 saturated heterocycles. The molecule has 0 fully saturated rings. The number of hydrogen-bond acceptors (Lipinski definition) is 10. The van der Waals surface area contributed by atoms with E-state index in [1.54, 1.807) is 0 Å². The summed E-state index contributed by atoms with van der Waals surface area (Å²) in [7, 11) is 0. The van der Waals surface area contributed by atoms with Gasteiger partial charge in [-0.25, -0.2) is 0 Å². The molecule has 4 bridgehead atoms. The summed E-state index contributed by atoms with van der Waals surface area (Å²) in [6, 6.07) is 37.4. The summed E-state index contributed by atoms with van der Waals surface area (Å²) in [5.74, 6) is 0. The maximum atomic E-state index is 5.23. The topological polar surface area (TPSA) is 90.3 Å². The van der Waals surface area contributed by atoms with E-state index in [0.29, 0.717) is 26.2 Å². The second-order valence-corrected chi connectivity index (χ2v) is 13.4. The van der Waals surface area contributed by atoms with Gasteiger partial charge in [-0.05, 0) is 72.8 Å². The number of fused-ring (bicyclic) bond motifs is 4. The maximum absolute atomic E-state index is 5.23. The molecule has 10 nitrogen and oxygen atoms in total. The molecule has 52 heavy (non-hydrogen) atoms. The fourth-order valence-corrected chi connectivity index (χ4v) is 6.63. The van der Waals surface area contributed by atoms with Crippen LogP contribution in [-0.2, 0) is 52.4 Å². The molecule has 6 aromatic heterocycles. The smallest absolute Gasteiger partial charge is 0.0548 e. The van der Waals surface area contributed by atoms with Gasteiger partial charge in [-0.15, -0.1) is 0 Å². The van der Waals surface area contributed by atoms with Crippen LogP contribution in [0.3, 0.4) is 0 Å². The fraction of sp³-hybridized carbons (Fsp3) is 0.286. The quantitative estimate of drug-likeness (QED) is 0.196. The lowest BCUT2D eigenvalue weighted by Gasteiger charge is -2.29. The van der Waals surface area contributed by atoms with Gasteiger partial charge in [0.2, 0.25) is 0 Å². The Morgan fingerprint density at radius 1 is 0.327 bits per heavy atom. The van der Waals surface area contributed by atoms with Crippen molar-refractivity contribution in [1.82, 2.24) is 49.5 Å². The third-order valence-electron chi connectivity index (χ3n) is 9.18. The molecule has 6 aromatic rings. The lowest BCUT2D eigenvalue weighted by Crippen LogP contribution is -2.36. The first-order chi connectivity index (χ1) is 25.7. The molecular weight excluding hydrogens is 645 g/mol. The SMILES string of the molecule is c1ccc(CN2CCN(Cc3ccccn3)Cc3cccc(n3)CN(Cc3ccccn3)CCN(Cc3ccccn3)Cc3cccc(n3)C2)nc1. The summed E-state index contributed by atoms with van der Waals surface area (Å²) in [6.45, 7) is 9.12. The lowest BCUT2D eigenvalue weighted by molar-refractivity contribution is 0.172. The summed E-state index contributed by atoms with van der Waals surface area (Å²) < 4.78 is 0. The van der Waals surface area contributed by atoms with E-state index in [1.165, 1.54) is 0 Å². The van der Waals surface area contributed by atoms with E-state index in [0.717, 1.165) is 97.9 Å². The van der Waals surface area contributed by atoms with Gasteiger partial charge in [0.1, 0.15) is 0 Å². The Balaban J connectivity index is 1.21. The van der Waals surface area contributed by atoms with Crippen LogP contribution in [0.25, 0.3) is 0 Å². The number of aromatic nitrogens is 6. The Labute approximate surface area is 306 Å². The van der Waals surface area contributed by atoms with Gasteiger partial charge in [-0.2, -0.15) is 0 Å². The molecule has 0 saturated carbocycles. The highest BCUT2D eigenvalue weighted by molar-refractivity contribution is 5.15. The molecule has 0 atom stereocenters. The van der Waals surface area contributed by atoms with Crippen LogP contribution in [0, 0.1) is 0 Å². The van der Waals surface area contributed by atoms with Crippen molar-refractivity contribution >= 4 is 0 Å². The van der Waals surface area contributed by atoms with Gasteiger partial charge in [0.05, 0.1) is 45.6 Å². The minimum atomic E-state index is 0.716. The molecule has 0 amide bonds. The molecule has 1 aliphatic heterocycles. The predicted octanol–water partition coefficient (Wildman–Crippen LogP) is 5.78. The van der Waals surface area contributed by atoms with Crippen molar-refractivity contribution in [2.75, 3.05) is 26.2 Å². The third kappa shape index (κ3) is 10.9. The lowest BCUT2D eigenvalue weighted by atomic mass is 10.2. The average molecular weight is 691 g/mol. The zero-order valence-electron chi connectivity index (χ0n) is 29.7. The van der Waals surface area contributed by atoms with E-state index in [2.05, 4.69) is 124 Å².